The average Bonchev–Trinajstić information content (AvgIpc) is 3.26. The van der Waals surface area contributed by atoms with E-state index in [-0.39, 0.29) is 34.3 Å². The Balaban J connectivity index is 1.55. The van der Waals surface area contributed by atoms with Crippen molar-refractivity contribution in [3.05, 3.63) is 93.4 Å². The molecule has 10 heteroatoms. The van der Waals surface area contributed by atoms with Crippen molar-refractivity contribution in [2.45, 2.75) is 30.5 Å². The first-order valence-corrected chi connectivity index (χ1v) is 12.6. The molecule has 0 aliphatic rings. The highest BCUT2D eigenvalue weighted by Gasteiger charge is 2.23. The van der Waals surface area contributed by atoms with Gasteiger partial charge in [0, 0.05) is 11.6 Å². The summed E-state index contributed by atoms with van der Waals surface area (Å²) in [6, 6.07) is 15.8. The molecule has 4 rings (SSSR count). The summed E-state index contributed by atoms with van der Waals surface area (Å²) in [5, 5.41) is 0.850. The molecule has 2 aromatic carbocycles. The van der Waals surface area contributed by atoms with E-state index in [4.69, 9.17) is 16.0 Å². The number of hydrogen-bond acceptors (Lipinski definition) is 6. The minimum Gasteiger partial charge on any atom is -0.455 e. The van der Waals surface area contributed by atoms with E-state index in [2.05, 4.69) is 9.97 Å². The molecule has 0 bridgehead atoms. The van der Waals surface area contributed by atoms with Crippen molar-refractivity contribution in [1.82, 2.24) is 14.9 Å². The van der Waals surface area contributed by atoms with Gasteiger partial charge in [0.25, 0.3) is 11.5 Å². The number of carbonyl (C=O) groups excluding carboxylic acids is 1. The number of furan rings is 1. The SMILES string of the molecule is CCCN(Cc1nc2cc(Cl)ccc2c(=O)[nH]1)C(=O)c1ccc(CS(=O)(=O)c2ccccc2)o1. The fourth-order valence-electron chi connectivity index (χ4n) is 3.56. The average molecular weight is 500 g/mol. The highest BCUT2D eigenvalue weighted by atomic mass is 35.5. The first kappa shape index (κ1) is 23.7. The van der Waals surface area contributed by atoms with E-state index in [0.29, 0.717) is 34.7 Å². The summed E-state index contributed by atoms with van der Waals surface area (Å²) in [5.74, 6) is -0.314. The third-order valence-electron chi connectivity index (χ3n) is 5.15. The second-order valence-electron chi connectivity index (χ2n) is 7.74. The van der Waals surface area contributed by atoms with E-state index in [1.165, 1.54) is 29.2 Å². The monoisotopic (exact) mass is 499 g/mol. The summed E-state index contributed by atoms with van der Waals surface area (Å²) < 4.78 is 30.8. The zero-order chi connectivity index (χ0) is 24.3. The number of halogens is 1. The van der Waals surface area contributed by atoms with Crippen molar-refractivity contribution >= 4 is 38.2 Å². The van der Waals surface area contributed by atoms with Crippen molar-refractivity contribution in [2.75, 3.05) is 6.54 Å². The second-order valence-corrected chi connectivity index (χ2v) is 10.2. The lowest BCUT2D eigenvalue weighted by atomic mass is 10.2. The molecule has 0 radical (unpaired) electrons. The molecule has 0 fully saturated rings. The van der Waals surface area contributed by atoms with Crippen molar-refractivity contribution in [1.29, 1.82) is 0 Å². The zero-order valence-electron chi connectivity index (χ0n) is 18.3. The van der Waals surface area contributed by atoms with Crippen LogP contribution in [-0.4, -0.2) is 35.7 Å². The van der Waals surface area contributed by atoms with Gasteiger partial charge >= 0.3 is 0 Å². The standard InChI is InChI=1S/C24H22ClN3O5S/c1-2-12-28(14-22-26-20-13-16(25)8-10-19(20)23(29)27-22)24(30)21-11-9-17(33-21)15-34(31,32)18-6-4-3-5-7-18/h3-11,13H,2,12,14-15H2,1H3,(H,26,27,29). The van der Waals surface area contributed by atoms with Gasteiger partial charge in [-0.3, -0.25) is 9.59 Å². The maximum absolute atomic E-state index is 13.1. The number of sulfone groups is 1. The lowest BCUT2D eigenvalue weighted by molar-refractivity contribution is 0.0705. The van der Waals surface area contributed by atoms with Crippen LogP contribution in [0.5, 0.6) is 0 Å². The molecular formula is C24H22ClN3O5S. The van der Waals surface area contributed by atoms with Crippen LogP contribution >= 0.6 is 11.6 Å². The summed E-state index contributed by atoms with van der Waals surface area (Å²) in [5.41, 5.74) is 0.105. The quantitative estimate of drug-likeness (QED) is 0.389. The number of nitrogens with zero attached hydrogens (tertiary/aromatic N) is 2. The number of benzene rings is 2. The van der Waals surface area contributed by atoms with Gasteiger partial charge in [-0.1, -0.05) is 36.7 Å². The Morgan fingerprint density at radius 3 is 2.62 bits per heavy atom. The minimum atomic E-state index is -3.61. The van der Waals surface area contributed by atoms with Gasteiger partial charge in [0.05, 0.1) is 22.3 Å². The van der Waals surface area contributed by atoms with Crippen LogP contribution in [0.1, 0.15) is 35.5 Å². The van der Waals surface area contributed by atoms with Crippen LogP contribution in [-0.2, 0) is 22.1 Å². The Bertz CT molecular complexity index is 1500. The van der Waals surface area contributed by atoms with Gasteiger partial charge in [0.2, 0.25) is 0 Å². The summed E-state index contributed by atoms with van der Waals surface area (Å²) in [7, 11) is -3.61. The predicted octanol–water partition coefficient (Wildman–Crippen LogP) is 4.20. The van der Waals surface area contributed by atoms with E-state index in [9.17, 15) is 18.0 Å². The molecule has 0 saturated carbocycles. The van der Waals surface area contributed by atoms with Crippen LogP contribution in [0.25, 0.3) is 10.9 Å². The molecule has 0 saturated heterocycles. The summed E-state index contributed by atoms with van der Waals surface area (Å²) in [6.45, 7) is 2.34. The van der Waals surface area contributed by atoms with Gasteiger partial charge < -0.3 is 14.3 Å². The predicted molar refractivity (Wildman–Crippen MR) is 128 cm³/mol. The van der Waals surface area contributed by atoms with Crippen LogP contribution in [0.2, 0.25) is 5.02 Å². The Morgan fingerprint density at radius 1 is 1.12 bits per heavy atom. The third kappa shape index (κ3) is 5.21. The first-order valence-electron chi connectivity index (χ1n) is 10.6. The topological polar surface area (TPSA) is 113 Å². The Kier molecular flexibility index (Phi) is 6.85. The van der Waals surface area contributed by atoms with E-state index in [0.717, 1.165) is 0 Å². The number of aromatic amines is 1. The molecule has 34 heavy (non-hydrogen) atoms. The molecule has 2 heterocycles. The normalized spacial score (nSPS) is 11.6. The number of H-pyrrole nitrogens is 1. The van der Waals surface area contributed by atoms with Crippen molar-refractivity contribution in [3.8, 4) is 0 Å². The first-order chi connectivity index (χ1) is 16.3. The highest BCUT2D eigenvalue weighted by Crippen LogP contribution is 2.20. The van der Waals surface area contributed by atoms with Gasteiger partial charge in [0.15, 0.2) is 15.6 Å². The van der Waals surface area contributed by atoms with Gasteiger partial charge in [0.1, 0.15) is 17.3 Å². The maximum atomic E-state index is 13.1. The van der Waals surface area contributed by atoms with Crippen LogP contribution in [0.15, 0.2) is 74.8 Å². The van der Waals surface area contributed by atoms with E-state index >= 15 is 0 Å². The van der Waals surface area contributed by atoms with Crippen molar-refractivity contribution < 1.29 is 17.6 Å². The number of aromatic nitrogens is 2. The lowest BCUT2D eigenvalue weighted by Gasteiger charge is -2.20. The molecule has 0 spiro atoms. The molecule has 4 aromatic rings. The Labute approximate surface area is 201 Å². The molecular weight excluding hydrogens is 478 g/mol. The lowest BCUT2D eigenvalue weighted by Crippen LogP contribution is -2.32. The van der Waals surface area contributed by atoms with E-state index in [1.54, 1.807) is 36.4 Å². The number of fused-ring (bicyclic) bond motifs is 1. The van der Waals surface area contributed by atoms with E-state index < -0.39 is 15.7 Å². The second kappa shape index (κ2) is 9.82. The van der Waals surface area contributed by atoms with Gasteiger partial charge in [-0.25, -0.2) is 13.4 Å². The summed E-state index contributed by atoms with van der Waals surface area (Å²) in [4.78, 5) is 34.4. The number of nitrogens with one attached hydrogen (secondary N) is 1. The molecule has 8 nitrogen and oxygen atoms in total. The van der Waals surface area contributed by atoms with Crippen LogP contribution in [0, 0.1) is 0 Å². The molecule has 0 unspecified atom stereocenters. The van der Waals surface area contributed by atoms with Gasteiger partial charge in [-0.2, -0.15) is 0 Å². The molecule has 2 aromatic heterocycles. The third-order valence-corrected chi connectivity index (χ3v) is 7.04. The van der Waals surface area contributed by atoms with Gasteiger partial charge in [-0.15, -0.1) is 0 Å². The van der Waals surface area contributed by atoms with E-state index in [1.807, 2.05) is 6.92 Å². The molecule has 0 aliphatic carbocycles. The smallest absolute Gasteiger partial charge is 0.289 e. The molecule has 1 N–H and O–H groups in total. The molecule has 0 aliphatic heterocycles. The fourth-order valence-corrected chi connectivity index (χ4v) is 5.00. The zero-order valence-corrected chi connectivity index (χ0v) is 19.9. The van der Waals surface area contributed by atoms with Crippen molar-refractivity contribution in [2.24, 2.45) is 0 Å². The molecule has 1 amide bonds. The van der Waals surface area contributed by atoms with Crippen LogP contribution in [0.3, 0.4) is 0 Å². The summed E-state index contributed by atoms with van der Waals surface area (Å²) in [6.07, 6.45) is 0.658. The van der Waals surface area contributed by atoms with Crippen molar-refractivity contribution in [3.63, 3.8) is 0 Å². The van der Waals surface area contributed by atoms with Crippen LogP contribution in [0.4, 0.5) is 0 Å². The van der Waals surface area contributed by atoms with Crippen LogP contribution < -0.4 is 5.56 Å². The Morgan fingerprint density at radius 2 is 1.88 bits per heavy atom. The highest BCUT2D eigenvalue weighted by molar-refractivity contribution is 7.90. The number of carbonyl (C=O) groups is 1. The molecule has 176 valence electrons. The number of rotatable bonds is 8. The molecule has 0 atom stereocenters. The number of hydrogen-bond donors (Lipinski definition) is 1. The Hall–Kier alpha value is -3.43. The summed E-state index contributed by atoms with van der Waals surface area (Å²) >= 11 is 6.02. The fraction of sp³-hybridized carbons (Fsp3) is 0.208. The number of amides is 1. The maximum Gasteiger partial charge on any atom is 0.289 e. The van der Waals surface area contributed by atoms with Gasteiger partial charge in [-0.05, 0) is 48.9 Å². The minimum absolute atomic E-state index is 0.0119. The largest absolute Gasteiger partial charge is 0.455 e.